The molecule has 1 spiro atoms. The number of anilines is 1. The fraction of sp³-hybridized carbons (Fsp3) is 0.333. The van der Waals surface area contributed by atoms with Gasteiger partial charge in [-0.1, -0.05) is 24.3 Å². The molecular formula is C24H24N4O5S. The zero-order valence-electron chi connectivity index (χ0n) is 18.6. The number of imide groups is 1. The molecule has 34 heavy (non-hydrogen) atoms. The quantitative estimate of drug-likeness (QED) is 0.700. The van der Waals surface area contributed by atoms with E-state index < -0.39 is 17.6 Å². The van der Waals surface area contributed by atoms with Crippen molar-refractivity contribution in [2.24, 2.45) is 0 Å². The lowest BCUT2D eigenvalue weighted by Gasteiger charge is -2.23. The lowest BCUT2D eigenvalue weighted by molar-refractivity contribution is -0.142. The highest BCUT2D eigenvalue weighted by molar-refractivity contribution is 7.99. The van der Waals surface area contributed by atoms with Gasteiger partial charge in [-0.3, -0.25) is 9.59 Å². The van der Waals surface area contributed by atoms with Crippen LogP contribution in [0.3, 0.4) is 0 Å². The van der Waals surface area contributed by atoms with Crippen LogP contribution in [-0.4, -0.2) is 59.6 Å². The maximum Gasteiger partial charge on any atom is 0.418 e. The van der Waals surface area contributed by atoms with Crippen molar-refractivity contribution in [2.45, 2.75) is 29.9 Å². The summed E-state index contributed by atoms with van der Waals surface area (Å²) < 4.78 is 5.64. The van der Waals surface area contributed by atoms with Crippen LogP contribution in [0.15, 0.2) is 47.4 Å². The summed E-state index contributed by atoms with van der Waals surface area (Å²) in [5.41, 5.74) is 1.64. The molecule has 5 rings (SSSR count). The summed E-state index contributed by atoms with van der Waals surface area (Å²) in [4.78, 5) is 54.6. The number of nitrogens with one attached hydrogen (secondary N) is 2. The molecule has 2 aromatic rings. The smallest absolute Gasteiger partial charge is 0.418 e. The van der Waals surface area contributed by atoms with Crippen LogP contribution in [0, 0.1) is 0 Å². The molecule has 2 aliphatic heterocycles. The highest BCUT2D eigenvalue weighted by Crippen LogP contribution is 2.46. The van der Waals surface area contributed by atoms with Crippen molar-refractivity contribution >= 4 is 41.4 Å². The monoisotopic (exact) mass is 480 g/mol. The number of amides is 5. The van der Waals surface area contributed by atoms with Crippen LogP contribution in [-0.2, 0) is 32.9 Å². The molecule has 5 amide bonds. The third kappa shape index (κ3) is 3.77. The predicted molar refractivity (Wildman–Crippen MR) is 125 cm³/mol. The second-order valence-corrected chi connectivity index (χ2v) is 9.57. The fourth-order valence-electron chi connectivity index (χ4n) is 4.70. The molecule has 176 valence electrons. The van der Waals surface area contributed by atoms with Crippen LogP contribution in [0.2, 0.25) is 0 Å². The molecule has 0 aromatic heterocycles. The van der Waals surface area contributed by atoms with Gasteiger partial charge in [-0.25, -0.2) is 14.5 Å². The first-order valence-electron chi connectivity index (χ1n) is 11.1. The Morgan fingerprint density at radius 3 is 2.79 bits per heavy atom. The van der Waals surface area contributed by atoms with E-state index in [-0.39, 0.29) is 18.5 Å². The summed E-state index contributed by atoms with van der Waals surface area (Å²) in [6.45, 7) is 0.621. The Balaban J connectivity index is 1.33. The summed E-state index contributed by atoms with van der Waals surface area (Å²) in [6.07, 6.45) is 0.0113. The van der Waals surface area contributed by atoms with Crippen molar-refractivity contribution in [1.29, 1.82) is 0 Å². The number of thioether (sulfide) groups is 1. The van der Waals surface area contributed by atoms with E-state index in [4.69, 9.17) is 4.74 Å². The Hall–Kier alpha value is -3.53. The molecule has 2 heterocycles. The Morgan fingerprint density at radius 1 is 1.15 bits per heavy atom. The average molecular weight is 481 g/mol. The van der Waals surface area contributed by atoms with Crippen molar-refractivity contribution < 1.29 is 23.9 Å². The number of rotatable bonds is 3. The molecule has 10 heteroatoms. The lowest BCUT2D eigenvalue weighted by atomic mass is 9.94. The second kappa shape index (κ2) is 8.68. The van der Waals surface area contributed by atoms with Gasteiger partial charge >= 0.3 is 12.1 Å². The number of hydrogen-bond acceptors (Lipinski definition) is 6. The van der Waals surface area contributed by atoms with Crippen molar-refractivity contribution in [3.05, 3.63) is 59.2 Å². The number of carbonyl (C=O) groups excluding carboxylic acids is 4. The van der Waals surface area contributed by atoms with Crippen molar-refractivity contribution in [2.75, 3.05) is 31.2 Å². The average Bonchev–Trinajstić information content (AvgIpc) is 3.19. The predicted octanol–water partition coefficient (Wildman–Crippen LogP) is 2.69. The number of carbonyl (C=O) groups is 4. The van der Waals surface area contributed by atoms with Gasteiger partial charge in [0, 0.05) is 48.5 Å². The van der Waals surface area contributed by atoms with Crippen LogP contribution < -0.4 is 10.6 Å². The highest BCUT2D eigenvalue weighted by atomic mass is 32.2. The molecule has 3 aliphatic rings. The molecule has 9 nitrogen and oxygen atoms in total. The van der Waals surface area contributed by atoms with Crippen LogP contribution in [0.4, 0.5) is 15.3 Å². The minimum absolute atomic E-state index is 0.289. The maximum atomic E-state index is 13.4. The zero-order chi connectivity index (χ0) is 23.9. The number of urea groups is 1. The standard InChI is InChI=1S/C24H24N4O5S/c1-25-22(31)26-17-6-7-18-15(12-17)8-9-24(18)21(30)28(23(32)33-24)14-20(29)27-10-11-34-19-5-3-2-4-16(19)13-27/h2-7,12H,8-11,13-14H2,1H3,(H2,25,26,31)/t24-/m1/s1. The molecule has 0 unspecified atom stereocenters. The summed E-state index contributed by atoms with van der Waals surface area (Å²) in [5, 5.41) is 5.18. The highest BCUT2D eigenvalue weighted by Gasteiger charge is 2.58. The topological polar surface area (TPSA) is 108 Å². The first kappa shape index (κ1) is 22.3. The molecular weight excluding hydrogens is 456 g/mol. The molecule has 1 atom stereocenters. The van der Waals surface area contributed by atoms with E-state index in [1.807, 2.05) is 24.3 Å². The first-order chi connectivity index (χ1) is 16.4. The third-order valence-electron chi connectivity index (χ3n) is 6.44. The van der Waals surface area contributed by atoms with Crippen molar-refractivity contribution in [3.8, 4) is 0 Å². The lowest BCUT2D eigenvalue weighted by Crippen LogP contribution is -2.44. The number of fused-ring (bicyclic) bond motifs is 3. The van der Waals surface area contributed by atoms with Gasteiger partial charge in [-0.15, -0.1) is 11.8 Å². The van der Waals surface area contributed by atoms with Gasteiger partial charge in [-0.05, 0) is 35.7 Å². The second-order valence-electron chi connectivity index (χ2n) is 8.43. The minimum Gasteiger partial charge on any atom is -0.427 e. The summed E-state index contributed by atoms with van der Waals surface area (Å²) in [5.74, 6) is -0.0607. The van der Waals surface area contributed by atoms with Crippen molar-refractivity contribution in [1.82, 2.24) is 15.1 Å². The van der Waals surface area contributed by atoms with E-state index >= 15 is 0 Å². The van der Waals surface area contributed by atoms with Crippen LogP contribution >= 0.6 is 11.8 Å². The van der Waals surface area contributed by atoms with Crippen LogP contribution in [0.25, 0.3) is 0 Å². The normalized spacial score (nSPS) is 21.1. The Bertz CT molecular complexity index is 1200. The third-order valence-corrected chi connectivity index (χ3v) is 7.54. The van der Waals surface area contributed by atoms with Crippen LogP contribution in [0.5, 0.6) is 0 Å². The Morgan fingerprint density at radius 2 is 1.97 bits per heavy atom. The molecule has 0 radical (unpaired) electrons. The SMILES string of the molecule is CNC(=O)Nc1ccc2c(c1)CC[C@@]21OC(=O)N(CC(=O)N2CCSc3ccccc3C2)C1=O. The van der Waals surface area contributed by atoms with E-state index in [1.165, 1.54) is 7.05 Å². The number of nitrogens with zero attached hydrogens (tertiary/aromatic N) is 2. The largest absolute Gasteiger partial charge is 0.427 e. The van der Waals surface area contributed by atoms with Gasteiger partial charge in [-0.2, -0.15) is 0 Å². The van der Waals surface area contributed by atoms with Gasteiger partial charge in [0.2, 0.25) is 11.5 Å². The summed E-state index contributed by atoms with van der Waals surface area (Å²) >= 11 is 1.69. The fourth-order valence-corrected chi connectivity index (χ4v) is 5.72. The van der Waals surface area contributed by atoms with E-state index in [9.17, 15) is 19.2 Å². The van der Waals surface area contributed by atoms with Gasteiger partial charge < -0.3 is 20.3 Å². The number of hydrogen-bond donors (Lipinski definition) is 2. The van der Waals surface area contributed by atoms with Crippen LogP contribution in [0.1, 0.15) is 23.1 Å². The van der Waals surface area contributed by atoms with E-state index in [1.54, 1.807) is 34.9 Å². The van der Waals surface area contributed by atoms with E-state index in [0.29, 0.717) is 37.2 Å². The summed E-state index contributed by atoms with van der Waals surface area (Å²) in [7, 11) is 1.52. The number of benzene rings is 2. The molecule has 2 N–H and O–H groups in total. The Kier molecular flexibility index (Phi) is 5.68. The maximum absolute atomic E-state index is 13.4. The number of aryl methyl sites for hydroxylation is 1. The summed E-state index contributed by atoms with van der Waals surface area (Å²) in [6, 6.07) is 12.7. The minimum atomic E-state index is -1.42. The van der Waals surface area contributed by atoms with Gasteiger partial charge in [0.25, 0.3) is 5.91 Å². The molecule has 0 saturated carbocycles. The van der Waals surface area contributed by atoms with Gasteiger partial charge in [0.05, 0.1) is 0 Å². The Labute approximate surface area is 200 Å². The van der Waals surface area contributed by atoms with Gasteiger partial charge in [0.15, 0.2) is 0 Å². The first-order valence-corrected chi connectivity index (χ1v) is 12.1. The van der Waals surface area contributed by atoms with Crippen molar-refractivity contribution in [3.63, 3.8) is 0 Å². The molecule has 1 aliphatic carbocycles. The zero-order valence-corrected chi connectivity index (χ0v) is 19.4. The molecule has 1 fully saturated rings. The van der Waals surface area contributed by atoms with E-state index in [0.717, 1.165) is 26.7 Å². The molecule has 1 saturated heterocycles. The van der Waals surface area contributed by atoms with E-state index in [2.05, 4.69) is 10.6 Å². The van der Waals surface area contributed by atoms with Gasteiger partial charge in [0.1, 0.15) is 6.54 Å². The molecule has 0 bridgehead atoms. The molecule has 2 aromatic carbocycles. The number of ether oxygens (including phenoxy) is 1.